The lowest BCUT2D eigenvalue weighted by Gasteiger charge is -2.23. The predicted octanol–water partition coefficient (Wildman–Crippen LogP) is 2.77. The molecule has 20 heavy (non-hydrogen) atoms. The number of carboxylic acid groups (broad SMARTS) is 1. The summed E-state index contributed by atoms with van der Waals surface area (Å²) < 4.78 is 2.81. The lowest BCUT2D eigenvalue weighted by molar-refractivity contribution is -0.137. The molecule has 1 amide bonds. The molecule has 2 rings (SSSR count). The summed E-state index contributed by atoms with van der Waals surface area (Å²) in [5.74, 6) is -0.965. The Morgan fingerprint density at radius 2 is 2.15 bits per heavy atom. The van der Waals surface area contributed by atoms with Gasteiger partial charge in [-0.3, -0.25) is 9.59 Å². The van der Waals surface area contributed by atoms with Gasteiger partial charge in [-0.05, 0) is 40.8 Å². The minimum Gasteiger partial charge on any atom is -0.480 e. The maximum atomic E-state index is 12.6. The summed E-state index contributed by atoms with van der Waals surface area (Å²) in [4.78, 5) is 25.0. The van der Waals surface area contributed by atoms with Gasteiger partial charge in [0.25, 0.3) is 5.91 Å². The highest BCUT2D eigenvalue weighted by Crippen LogP contribution is 2.37. The lowest BCUT2D eigenvalue weighted by Crippen LogP contribution is -2.39. The summed E-state index contributed by atoms with van der Waals surface area (Å²) >= 11 is 3.39. The van der Waals surface area contributed by atoms with Gasteiger partial charge in [-0.25, -0.2) is 0 Å². The monoisotopic (exact) mass is 342 g/mol. The Bertz CT molecular complexity index is 520. The first kappa shape index (κ1) is 15.1. The molecule has 1 aromatic rings. The highest BCUT2D eigenvalue weighted by Gasteiger charge is 2.30. The second kappa shape index (κ2) is 5.99. The Hall–Kier alpha value is -1.30. The summed E-state index contributed by atoms with van der Waals surface area (Å²) in [6.07, 6.45) is 4.05. The topological polar surface area (TPSA) is 62.5 Å². The average Bonchev–Trinajstić information content (AvgIpc) is 3.09. The number of aliphatic carboxylic acids is 1. The molecule has 0 spiro atoms. The Kier molecular flexibility index (Phi) is 4.52. The van der Waals surface area contributed by atoms with Crippen LogP contribution in [0, 0.1) is 5.92 Å². The van der Waals surface area contributed by atoms with Gasteiger partial charge >= 0.3 is 5.97 Å². The molecule has 6 heteroatoms. The van der Waals surface area contributed by atoms with E-state index >= 15 is 0 Å². The van der Waals surface area contributed by atoms with Crippen molar-refractivity contribution in [2.45, 2.75) is 32.7 Å². The molecule has 1 aromatic heterocycles. The van der Waals surface area contributed by atoms with E-state index in [-0.39, 0.29) is 18.4 Å². The molecule has 1 N–H and O–H groups in total. The molecule has 1 aliphatic carbocycles. The zero-order valence-electron chi connectivity index (χ0n) is 11.7. The third-order valence-electron chi connectivity index (χ3n) is 3.17. The van der Waals surface area contributed by atoms with E-state index in [1.54, 1.807) is 6.07 Å². The lowest BCUT2D eigenvalue weighted by atomic mass is 10.2. The summed E-state index contributed by atoms with van der Waals surface area (Å²) in [6, 6.07) is 2.15. The smallest absolute Gasteiger partial charge is 0.323 e. The van der Waals surface area contributed by atoms with Crippen LogP contribution in [0.2, 0.25) is 0 Å². The van der Waals surface area contributed by atoms with E-state index in [4.69, 9.17) is 5.11 Å². The number of amides is 1. The van der Waals surface area contributed by atoms with Crippen LogP contribution in [-0.2, 0) is 4.79 Å². The number of aromatic nitrogens is 1. The Labute approximate surface area is 126 Å². The zero-order chi connectivity index (χ0) is 14.9. The molecule has 0 bridgehead atoms. The first-order chi connectivity index (χ1) is 9.38. The summed E-state index contributed by atoms with van der Waals surface area (Å²) in [5.41, 5.74) is 0.571. The number of rotatable bonds is 6. The largest absolute Gasteiger partial charge is 0.480 e. The summed E-state index contributed by atoms with van der Waals surface area (Å²) in [6.45, 7) is 4.12. The third-order valence-corrected chi connectivity index (χ3v) is 3.61. The van der Waals surface area contributed by atoms with Crippen molar-refractivity contribution in [1.29, 1.82) is 0 Å². The minimum absolute atomic E-state index is 0.210. The van der Waals surface area contributed by atoms with Gasteiger partial charge in [0.05, 0.1) is 0 Å². The van der Waals surface area contributed by atoms with Crippen molar-refractivity contribution in [2.75, 3.05) is 13.1 Å². The number of halogens is 1. The van der Waals surface area contributed by atoms with Gasteiger partial charge < -0.3 is 14.6 Å². The van der Waals surface area contributed by atoms with Crippen molar-refractivity contribution in [1.82, 2.24) is 9.47 Å². The zero-order valence-corrected chi connectivity index (χ0v) is 13.3. The molecule has 0 radical (unpaired) electrons. The number of nitrogens with zero attached hydrogens (tertiary/aromatic N) is 2. The fourth-order valence-corrected chi connectivity index (χ4v) is 2.69. The number of hydrogen-bond acceptors (Lipinski definition) is 2. The third kappa shape index (κ3) is 3.62. The molecule has 0 atom stereocenters. The van der Waals surface area contributed by atoms with Crippen LogP contribution in [0.15, 0.2) is 16.7 Å². The minimum atomic E-state index is -0.984. The van der Waals surface area contributed by atoms with E-state index < -0.39 is 5.97 Å². The Morgan fingerprint density at radius 3 is 2.65 bits per heavy atom. The fourth-order valence-electron chi connectivity index (χ4n) is 2.26. The maximum absolute atomic E-state index is 12.6. The van der Waals surface area contributed by atoms with Crippen molar-refractivity contribution in [3.63, 3.8) is 0 Å². The van der Waals surface area contributed by atoms with Crippen LogP contribution in [0.25, 0.3) is 0 Å². The van der Waals surface area contributed by atoms with Crippen molar-refractivity contribution in [3.8, 4) is 0 Å². The molecule has 5 nitrogen and oxygen atoms in total. The quantitative estimate of drug-likeness (QED) is 0.864. The molecule has 1 aliphatic rings. The second-order valence-corrected chi connectivity index (χ2v) is 6.57. The number of carbonyl (C=O) groups is 2. The SMILES string of the molecule is CC(C)CN(CC(=O)O)C(=O)c1cc(Br)cn1C1CC1. The number of carbonyl (C=O) groups excluding carboxylic acids is 1. The van der Waals surface area contributed by atoms with Gasteiger partial charge in [-0.1, -0.05) is 13.8 Å². The molecule has 1 heterocycles. The first-order valence-corrected chi connectivity index (χ1v) is 7.56. The van der Waals surface area contributed by atoms with Gasteiger partial charge in [0.1, 0.15) is 12.2 Å². The molecule has 110 valence electrons. The van der Waals surface area contributed by atoms with Crippen molar-refractivity contribution in [3.05, 3.63) is 22.4 Å². The highest BCUT2D eigenvalue weighted by atomic mass is 79.9. The molecule has 1 fully saturated rings. The Morgan fingerprint density at radius 1 is 1.50 bits per heavy atom. The van der Waals surface area contributed by atoms with E-state index in [0.29, 0.717) is 18.3 Å². The fraction of sp³-hybridized carbons (Fsp3) is 0.571. The van der Waals surface area contributed by atoms with Gasteiger partial charge in [0.2, 0.25) is 0 Å². The average molecular weight is 343 g/mol. The normalized spacial score (nSPS) is 14.6. The van der Waals surface area contributed by atoms with Crippen molar-refractivity contribution in [2.24, 2.45) is 5.92 Å². The molecular formula is C14H19BrN2O3. The Balaban J connectivity index is 2.23. The van der Waals surface area contributed by atoms with E-state index in [2.05, 4.69) is 15.9 Å². The van der Waals surface area contributed by atoms with Crippen LogP contribution in [0.1, 0.15) is 43.2 Å². The molecular weight excluding hydrogens is 324 g/mol. The van der Waals surface area contributed by atoms with E-state index in [1.165, 1.54) is 4.90 Å². The first-order valence-electron chi connectivity index (χ1n) is 6.77. The van der Waals surface area contributed by atoms with Gasteiger partial charge in [0, 0.05) is 23.3 Å². The summed E-state index contributed by atoms with van der Waals surface area (Å²) in [5, 5.41) is 8.98. The van der Waals surface area contributed by atoms with E-state index in [1.807, 2.05) is 24.6 Å². The van der Waals surface area contributed by atoms with Gasteiger partial charge in [0.15, 0.2) is 0 Å². The van der Waals surface area contributed by atoms with Crippen molar-refractivity contribution < 1.29 is 14.7 Å². The second-order valence-electron chi connectivity index (χ2n) is 5.66. The molecule has 0 aliphatic heterocycles. The van der Waals surface area contributed by atoms with Crippen LogP contribution in [0.3, 0.4) is 0 Å². The van der Waals surface area contributed by atoms with Crippen molar-refractivity contribution >= 4 is 27.8 Å². The molecule has 0 aromatic carbocycles. The summed E-state index contributed by atoms with van der Waals surface area (Å²) in [7, 11) is 0. The highest BCUT2D eigenvalue weighted by molar-refractivity contribution is 9.10. The van der Waals surface area contributed by atoms with Crippen LogP contribution in [0.4, 0.5) is 0 Å². The van der Waals surface area contributed by atoms with Gasteiger partial charge in [-0.2, -0.15) is 0 Å². The van der Waals surface area contributed by atoms with Crippen LogP contribution in [-0.4, -0.2) is 39.5 Å². The molecule has 1 saturated carbocycles. The number of hydrogen-bond donors (Lipinski definition) is 1. The van der Waals surface area contributed by atoms with Crippen LogP contribution < -0.4 is 0 Å². The molecule has 0 saturated heterocycles. The predicted molar refractivity (Wildman–Crippen MR) is 78.8 cm³/mol. The van der Waals surface area contributed by atoms with Gasteiger partial charge in [-0.15, -0.1) is 0 Å². The van der Waals surface area contributed by atoms with Crippen LogP contribution >= 0.6 is 15.9 Å². The molecule has 0 unspecified atom stereocenters. The van der Waals surface area contributed by atoms with Crippen LogP contribution in [0.5, 0.6) is 0 Å². The maximum Gasteiger partial charge on any atom is 0.323 e. The standard InChI is InChI=1S/C14H19BrN2O3/c1-9(2)6-16(8-13(18)19)14(20)12-5-10(15)7-17(12)11-3-4-11/h5,7,9,11H,3-4,6,8H2,1-2H3,(H,18,19). The van der Waals surface area contributed by atoms with E-state index in [9.17, 15) is 9.59 Å². The van der Waals surface area contributed by atoms with E-state index in [0.717, 1.165) is 17.3 Å². The number of carboxylic acids is 1.